The van der Waals surface area contributed by atoms with Crippen LogP contribution >= 0.6 is 0 Å². The van der Waals surface area contributed by atoms with Gasteiger partial charge in [0.2, 0.25) is 0 Å². The fraction of sp³-hybridized carbons (Fsp3) is 0.167. The van der Waals surface area contributed by atoms with Gasteiger partial charge in [0, 0.05) is 17.4 Å². The first kappa shape index (κ1) is 11.5. The highest BCUT2D eigenvalue weighted by molar-refractivity contribution is 5.88. The molecule has 0 aliphatic carbocycles. The van der Waals surface area contributed by atoms with Crippen molar-refractivity contribution in [2.75, 3.05) is 6.61 Å². The fourth-order valence-corrected chi connectivity index (χ4v) is 3.00. The number of ether oxygens (including phenoxy) is 1. The highest BCUT2D eigenvalue weighted by Gasteiger charge is 2.19. The Morgan fingerprint density at radius 2 is 1.80 bits per heavy atom. The summed E-state index contributed by atoms with van der Waals surface area (Å²) in [6.07, 6.45) is 0.910. The van der Waals surface area contributed by atoms with Crippen LogP contribution in [0.15, 0.2) is 48.5 Å². The van der Waals surface area contributed by atoms with Gasteiger partial charge in [0.1, 0.15) is 5.75 Å². The van der Waals surface area contributed by atoms with Gasteiger partial charge in [0.15, 0.2) is 0 Å². The van der Waals surface area contributed by atoms with Gasteiger partial charge in [-0.3, -0.25) is 0 Å². The minimum absolute atomic E-state index is 0.713. The lowest BCUT2D eigenvalue weighted by Crippen LogP contribution is -2.01. The summed E-state index contributed by atoms with van der Waals surface area (Å²) in [4.78, 5) is 4.90. The lowest BCUT2D eigenvalue weighted by molar-refractivity contribution is 0.326. The molecule has 0 bridgehead atoms. The average molecular weight is 261 g/mol. The first-order valence-corrected chi connectivity index (χ1v) is 6.95. The van der Waals surface area contributed by atoms with E-state index in [1.54, 1.807) is 0 Å². The first-order chi connectivity index (χ1) is 9.84. The smallest absolute Gasteiger partial charge is 0.128 e. The standard InChI is InChI=1S/C18H15NO/c1-12-13-6-2-4-8-16(13)19-18-14(12)10-11-20-17-9-5-3-7-15(17)18/h2-9H,10-11H2,1H3. The van der Waals surface area contributed by atoms with Gasteiger partial charge in [-0.2, -0.15) is 0 Å². The van der Waals surface area contributed by atoms with Gasteiger partial charge in [-0.1, -0.05) is 30.3 Å². The molecule has 0 atom stereocenters. The largest absolute Gasteiger partial charge is 0.493 e. The molecule has 20 heavy (non-hydrogen) atoms. The van der Waals surface area contributed by atoms with E-state index in [9.17, 15) is 0 Å². The molecule has 0 amide bonds. The number of rotatable bonds is 0. The van der Waals surface area contributed by atoms with Gasteiger partial charge in [-0.15, -0.1) is 0 Å². The van der Waals surface area contributed by atoms with Crippen molar-refractivity contribution in [2.45, 2.75) is 13.3 Å². The van der Waals surface area contributed by atoms with Gasteiger partial charge in [0.05, 0.1) is 17.8 Å². The molecule has 0 saturated carbocycles. The topological polar surface area (TPSA) is 22.1 Å². The molecule has 0 radical (unpaired) electrons. The van der Waals surface area contributed by atoms with E-state index in [-0.39, 0.29) is 0 Å². The Labute approximate surface area is 118 Å². The second-order valence-electron chi connectivity index (χ2n) is 5.18. The van der Waals surface area contributed by atoms with E-state index < -0.39 is 0 Å². The van der Waals surface area contributed by atoms with Crippen LogP contribution in [-0.2, 0) is 6.42 Å². The first-order valence-electron chi connectivity index (χ1n) is 6.95. The molecule has 4 rings (SSSR count). The lowest BCUT2D eigenvalue weighted by atomic mass is 9.96. The molecular weight excluding hydrogens is 246 g/mol. The zero-order chi connectivity index (χ0) is 13.5. The summed E-state index contributed by atoms with van der Waals surface area (Å²) >= 11 is 0. The van der Waals surface area contributed by atoms with Crippen LogP contribution in [0.25, 0.3) is 22.2 Å². The maximum absolute atomic E-state index is 5.87. The Kier molecular flexibility index (Phi) is 2.49. The van der Waals surface area contributed by atoms with Crippen LogP contribution in [0, 0.1) is 6.92 Å². The monoisotopic (exact) mass is 261 g/mol. The van der Waals surface area contributed by atoms with Crippen molar-refractivity contribution in [1.29, 1.82) is 0 Å². The summed E-state index contributed by atoms with van der Waals surface area (Å²) in [5, 5.41) is 1.24. The third kappa shape index (κ3) is 1.61. The number of para-hydroxylation sites is 2. The molecule has 2 nitrogen and oxygen atoms in total. The normalized spacial score (nSPS) is 13.2. The maximum Gasteiger partial charge on any atom is 0.128 e. The van der Waals surface area contributed by atoms with E-state index in [1.807, 2.05) is 24.3 Å². The third-order valence-electron chi connectivity index (χ3n) is 4.03. The van der Waals surface area contributed by atoms with E-state index in [0.29, 0.717) is 6.61 Å². The lowest BCUT2D eigenvalue weighted by Gasteiger charge is -2.12. The van der Waals surface area contributed by atoms with Crippen LogP contribution < -0.4 is 4.74 Å². The number of fused-ring (bicyclic) bond motifs is 4. The molecule has 0 unspecified atom stereocenters. The number of hydrogen-bond donors (Lipinski definition) is 0. The molecule has 0 spiro atoms. The number of pyridine rings is 1. The van der Waals surface area contributed by atoms with E-state index in [0.717, 1.165) is 28.9 Å². The number of benzene rings is 2. The van der Waals surface area contributed by atoms with Crippen molar-refractivity contribution in [2.24, 2.45) is 0 Å². The molecule has 1 aliphatic heterocycles. The van der Waals surface area contributed by atoms with E-state index in [4.69, 9.17) is 9.72 Å². The molecule has 0 saturated heterocycles. The Balaban J connectivity index is 2.11. The van der Waals surface area contributed by atoms with Crippen molar-refractivity contribution in [3.8, 4) is 17.0 Å². The minimum atomic E-state index is 0.713. The summed E-state index contributed by atoms with van der Waals surface area (Å²) in [6, 6.07) is 16.5. The molecule has 1 aromatic heterocycles. The van der Waals surface area contributed by atoms with E-state index in [2.05, 4.69) is 31.2 Å². The second kappa shape index (κ2) is 4.34. The fourth-order valence-electron chi connectivity index (χ4n) is 3.00. The van der Waals surface area contributed by atoms with Crippen LogP contribution in [0.1, 0.15) is 11.1 Å². The molecular formula is C18H15NO. The van der Waals surface area contributed by atoms with Crippen LogP contribution in [0.5, 0.6) is 5.75 Å². The van der Waals surface area contributed by atoms with Crippen molar-refractivity contribution < 1.29 is 4.74 Å². The van der Waals surface area contributed by atoms with Crippen LogP contribution in [0.3, 0.4) is 0 Å². The number of nitrogens with zero attached hydrogens (tertiary/aromatic N) is 1. The van der Waals surface area contributed by atoms with E-state index >= 15 is 0 Å². The van der Waals surface area contributed by atoms with Crippen molar-refractivity contribution in [3.05, 3.63) is 59.7 Å². The third-order valence-corrected chi connectivity index (χ3v) is 4.03. The van der Waals surface area contributed by atoms with Crippen molar-refractivity contribution in [3.63, 3.8) is 0 Å². The van der Waals surface area contributed by atoms with Gasteiger partial charge < -0.3 is 4.74 Å². The molecule has 2 aromatic carbocycles. The Bertz CT molecular complexity index is 808. The van der Waals surface area contributed by atoms with Gasteiger partial charge >= 0.3 is 0 Å². The summed E-state index contributed by atoms with van der Waals surface area (Å²) in [5.41, 5.74) is 5.88. The highest BCUT2D eigenvalue weighted by atomic mass is 16.5. The maximum atomic E-state index is 5.87. The quantitative estimate of drug-likeness (QED) is 0.606. The summed E-state index contributed by atoms with van der Waals surface area (Å²) in [7, 11) is 0. The average Bonchev–Trinajstić information content (AvgIpc) is 2.68. The van der Waals surface area contributed by atoms with Gasteiger partial charge in [-0.25, -0.2) is 4.98 Å². The van der Waals surface area contributed by atoms with E-state index in [1.165, 1.54) is 16.5 Å². The van der Waals surface area contributed by atoms with Crippen LogP contribution in [-0.4, -0.2) is 11.6 Å². The van der Waals surface area contributed by atoms with Crippen molar-refractivity contribution in [1.82, 2.24) is 4.98 Å². The van der Waals surface area contributed by atoms with Crippen LogP contribution in [0.4, 0.5) is 0 Å². The summed E-state index contributed by atoms with van der Waals surface area (Å²) in [6.45, 7) is 2.90. The highest BCUT2D eigenvalue weighted by Crippen LogP contribution is 2.37. The van der Waals surface area contributed by atoms with Crippen molar-refractivity contribution >= 4 is 10.9 Å². The Morgan fingerprint density at radius 3 is 2.75 bits per heavy atom. The zero-order valence-corrected chi connectivity index (χ0v) is 11.4. The Morgan fingerprint density at radius 1 is 1.00 bits per heavy atom. The SMILES string of the molecule is Cc1c2c(nc3ccccc13)-c1ccccc1OCC2. The number of aryl methyl sites for hydroxylation is 1. The molecule has 0 N–H and O–H groups in total. The molecule has 2 heteroatoms. The number of hydrogen-bond acceptors (Lipinski definition) is 2. The minimum Gasteiger partial charge on any atom is -0.493 e. The molecule has 2 heterocycles. The predicted octanol–water partition coefficient (Wildman–Crippen LogP) is 4.15. The number of aromatic nitrogens is 1. The molecule has 0 fully saturated rings. The summed E-state index contributed by atoms with van der Waals surface area (Å²) < 4.78 is 5.87. The van der Waals surface area contributed by atoms with Gasteiger partial charge in [0.25, 0.3) is 0 Å². The molecule has 1 aliphatic rings. The molecule has 98 valence electrons. The van der Waals surface area contributed by atoms with Gasteiger partial charge in [-0.05, 0) is 36.2 Å². The second-order valence-corrected chi connectivity index (χ2v) is 5.18. The predicted molar refractivity (Wildman–Crippen MR) is 81.1 cm³/mol. The summed E-state index contributed by atoms with van der Waals surface area (Å²) in [5.74, 6) is 0.938. The molecule has 3 aromatic rings. The Hall–Kier alpha value is -2.35. The van der Waals surface area contributed by atoms with Crippen LogP contribution in [0.2, 0.25) is 0 Å². The zero-order valence-electron chi connectivity index (χ0n) is 11.4.